The lowest BCUT2D eigenvalue weighted by Gasteiger charge is -2.08. The van der Waals surface area contributed by atoms with Crippen molar-refractivity contribution in [2.75, 3.05) is 0 Å². The van der Waals surface area contributed by atoms with E-state index in [0.29, 0.717) is 17.8 Å². The van der Waals surface area contributed by atoms with E-state index in [0.717, 1.165) is 12.1 Å². The molecule has 19 heavy (non-hydrogen) atoms. The van der Waals surface area contributed by atoms with E-state index in [1.54, 1.807) is 0 Å². The molecule has 6 heteroatoms. The fourth-order valence-electron chi connectivity index (χ4n) is 2.00. The number of aliphatic carboxylic acids is 1. The molecule has 0 bridgehead atoms. The Hall–Kier alpha value is -1.98. The molecule has 4 nitrogen and oxygen atoms in total. The van der Waals surface area contributed by atoms with Crippen molar-refractivity contribution in [2.45, 2.75) is 26.8 Å². The van der Waals surface area contributed by atoms with E-state index in [2.05, 4.69) is 4.98 Å². The summed E-state index contributed by atoms with van der Waals surface area (Å²) in [7, 11) is 0. The quantitative estimate of drug-likeness (QED) is 0.927. The van der Waals surface area contributed by atoms with Gasteiger partial charge in [0, 0.05) is 18.6 Å². The maximum Gasteiger partial charge on any atom is 0.323 e. The first-order valence-electron chi connectivity index (χ1n) is 5.94. The molecule has 2 rings (SSSR count). The maximum atomic E-state index is 13.3. The summed E-state index contributed by atoms with van der Waals surface area (Å²) in [5.41, 5.74) is 0.577. The van der Waals surface area contributed by atoms with Gasteiger partial charge in [-0.3, -0.25) is 4.79 Å². The van der Waals surface area contributed by atoms with Gasteiger partial charge in [-0.1, -0.05) is 13.8 Å². The molecule has 0 saturated heterocycles. The van der Waals surface area contributed by atoms with Crippen molar-refractivity contribution in [1.82, 2.24) is 9.55 Å². The fourth-order valence-corrected chi connectivity index (χ4v) is 2.00. The number of halogens is 2. The number of benzene rings is 1. The highest BCUT2D eigenvalue weighted by molar-refractivity contribution is 5.78. The Morgan fingerprint density at radius 2 is 2.00 bits per heavy atom. The van der Waals surface area contributed by atoms with Gasteiger partial charge in [-0.2, -0.15) is 0 Å². The predicted molar refractivity (Wildman–Crippen MR) is 65.8 cm³/mol. The second kappa shape index (κ2) is 4.95. The molecule has 1 aromatic heterocycles. The van der Waals surface area contributed by atoms with Gasteiger partial charge < -0.3 is 9.67 Å². The Morgan fingerprint density at radius 1 is 1.37 bits per heavy atom. The van der Waals surface area contributed by atoms with Crippen molar-refractivity contribution in [1.29, 1.82) is 0 Å². The summed E-state index contributed by atoms with van der Waals surface area (Å²) in [6, 6.07) is 1.98. The van der Waals surface area contributed by atoms with Gasteiger partial charge in [0.2, 0.25) is 0 Å². The summed E-state index contributed by atoms with van der Waals surface area (Å²) in [4.78, 5) is 15.1. The lowest BCUT2D eigenvalue weighted by atomic mass is 10.1. The summed E-state index contributed by atoms with van der Waals surface area (Å²) in [5.74, 6) is -2.25. The predicted octanol–water partition coefficient (Wildman–Crippen LogP) is 2.60. The Labute approximate surface area is 108 Å². The zero-order valence-electron chi connectivity index (χ0n) is 10.7. The van der Waals surface area contributed by atoms with Gasteiger partial charge in [0.25, 0.3) is 0 Å². The number of carboxylic acids is 1. The third-order valence-corrected chi connectivity index (χ3v) is 2.75. The average Bonchev–Trinajstić information content (AvgIpc) is 2.56. The van der Waals surface area contributed by atoms with Crippen LogP contribution in [-0.4, -0.2) is 20.6 Å². The minimum atomic E-state index is -1.05. The number of fused-ring (bicyclic) bond motifs is 1. The molecule has 102 valence electrons. The van der Waals surface area contributed by atoms with Crippen molar-refractivity contribution in [3.63, 3.8) is 0 Å². The van der Waals surface area contributed by atoms with Crippen LogP contribution in [-0.2, 0) is 17.8 Å². The number of carbonyl (C=O) groups is 1. The summed E-state index contributed by atoms with van der Waals surface area (Å²) in [6.07, 6.45) is 0.547. The first-order chi connectivity index (χ1) is 8.88. The molecule has 0 atom stereocenters. The van der Waals surface area contributed by atoms with E-state index in [4.69, 9.17) is 5.11 Å². The van der Waals surface area contributed by atoms with Gasteiger partial charge >= 0.3 is 5.97 Å². The molecule has 1 aromatic carbocycles. The van der Waals surface area contributed by atoms with Crippen LogP contribution in [0.4, 0.5) is 8.78 Å². The number of aromatic nitrogens is 2. The first kappa shape index (κ1) is 13.5. The Balaban J connectivity index is 2.62. The molecule has 0 amide bonds. The monoisotopic (exact) mass is 268 g/mol. The van der Waals surface area contributed by atoms with Crippen LogP contribution in [0.15, 0.2) is 12.1 Å². The topological polar surface area (TPSA) is 55.1 Å². The molecule has 0 unspecified atom stereocenters. The summed E-state index contributed by atoms with van der Waals surface area (Å²) in [5, 5.41) is 8.91. The lowest BCUT2D eigenvalue weighted by Crippen LogP contribution is -2.13. The third-order valence-electron chi connectivity index (χ3n) is 2.75. The van der Waals surface area contributed by atoms with Gasteiger partial charge in [0.1, 0.15) is 12.4 Å². The first-order valence-corrected chi connectivity index (χ1v) is 5.94. The second-order valence-corrected chi connectivity index (χ2v) is 4.86. The van der Waals surface area contributed by atoms with Crippen LogP contribution in [0.1, 0.15) is 19.7 Å². The number of imidazole rings is 1. The van der Waals surface area contributed by atoms with Crippen LogP contribution in [0.2, 0.25) is 0 Å². The largest absolute Gasteiger partial charge is 0.480 e. The van der Waals surface area contributed by atoms with Gasteiger partial charge in [-0.05, 0) is 5.92 Å². The summed E-state index contributed by atoms with van der Waals surface area (Å²) < 4.78 is 27.9. The fraction of sp³-hybridized carbons (Fsp3) is 0.385. The smallest absolute Gasteiger partial charge is 0.323 e. The van der Waals surface area contributed by atoms with Crippen molar-refractivity contribution < 1.29 is 18.7 Å². The lowest BCUT2D eigenvalue weighted by molar-refractivity contribution is -0.137. The van der Waals surface area contributed by atoms with Crippen LogP contribution in [0, 0.1) is 17.6 Å². The normalized spacial score (nSPS) is 11.4. The van der Waals surface area contributed by atoms with Crippen LogP contribution in [0.3, 0.4) is 0 Å². The van der Waals surface area contributed by atoms with Crippen LogP contribution >= 0.6 is 0 Å². The minimum absolute atomic E-state index is 0.263. The summed E-state index contributed by atoms with van der Waals surface area (Å²) >= 11 is 0. The van der Waals surface area contributed by atoms with Crippen molar-refractivity contribution in [3.05, 3.63) is 29.6 Å². The minimum Gasteiger partial charge on any atom is -0.480 e. The maximum absolute atomic E-state index is 13.3. The van der Waals surface area contributed by atoms with E-state index in [9.17, 15) is 13.6 Å². The summed E-state index contributed by atoms with van der Waals surface area (Å²) in [6.45, 7) is 3.61. The SMILES string of the molecule is CC(C)Cc1nc2cc(F)c(F)cc2n1CC(=O)O. The van der Waals surface area contributed by atoms with Gasteiger partial charge in [-0.15, -0.1) is 0 Å². The number of nitrogens with zero attached hydrogens (tertiary/aromatic N) is 2. The molecule has 0 spiro atoms. The zero-order valence-corrected chi connectivity index (χ0v) is 10.7. The molecular formula is C13H14F2N2O2. The van der Waals surface area contributed by atoms with E-state index < -0.39 is 17.6 Å². The highest BCUT2D eigenvalue weighted by Crippen LogP contribution is 2.21. The molecular weight excluding hydrogens is 254 g/mol. The highest BCUT2D eigenvalue weighted by Gasteiger charge is 2.16. The third kappa shape index (κ3) is 2.72. The van der Waals surface area contributed by atoms with Gasteiger partial charge in [0.05, 0.1) is 11.0 Å². The zero-order chi connectivity index (χ0) is 14.2. The number of hydrogen-bond acceptors (Lipinski definition) is 2. The van der Waals surface area contributed by atoms with E-state index >= 15 is 0 Å². The van der Waals surface area contributed by atoms with E-state index in [1.807, 2.05) is 13.8 Å². The number of hydrogen-bond donors (Lipinski definition) is 1. The van der Waals surface area contributed by atoms with Crippen LogP contribution in [0.5, 0.6) is 0 Å². The molecule has 0 radical (unpaired) electrons. The molecule has 1 N–H and O–H groups in total. The van der Waals surface area contributed by atoms with Crippen LogP contribution in [0.25, 0.3) is 11.0 Å². The van der Waals surface area contributed by atoms with Gasteiger partial charge in [0.15, 0.2) is 11.6 Å². The molecule has 0 saturated carbocycles. The number of carboxylic acid groups (broad SMARTS) is 1. The second-order valence-electron chi connectivity index (χ2n) is 4.86. The highest BCUT2D eigenvalue weighted by atomic mass is 19.2. The van der Waals surface area contributed by atoms with Crippen molar-refractivity contribution in [3.8, 4) is 0 Å². The van der Waals surface area contributed by atoms with Crippen molar-refractivity contribution >= 4 is 17.0 Å². The molecule has 0 aliphatic heterocycles. The Bertz CT molecular complexity index is 635. The molecule has 1 heterocycles. The van der Waals surface area contributed by atoms with Gasteiger partial charge in [-0.25, -0.2) is 13.8 Å². The number of rotatable bonds is 4. The Morgan fingerprint density at radius 3 is 2.58 bits per heavy atom. The van der Waals surface area contributed by atoms with E-state index in [-0.39, 0.29) is 18.0 Å². The van der Waals surface area contributed by atoms with Crippen LogP contribution < -0.4 is 0 Å². The standard InChI is InChI=1S/C13H14F2N2O2/c1-7(2)3-12-16-10-4-8(14)9(15)5-11(10)17(12)6-13(18)19/h4-5,7H,3,6H2,1-2H3,(H,18,19). The molecule has 0 fully saturated rings. The Kier molecular flexibility index (Phi) is 3.50. The molecule has 0 aliphatic carbocycles. The molecule has 0 aliphatic rings. The molecule has 2 aromatic rings. The van der Waals surface area contributed by atoms with Crippen molar-refractivity contribution in [2.24, 2.45) is 5.92 Å². The average molecular weight is 268 g/mol. The van der Waals surface area contributed by atoms with E-state index in [1.165, 1.54) is 4.57 Å².